The number of thiocarbonyl (C=S) groups is 1. The van der Waals surface area contributed by atoms with Crippen molar-refractivity contribution in [3.05, 3.63) is 58.9 Å². The topological polar surface area (TPSA) is 80.0 Å². The smallest absolute Gasteiger partial charge is 0.344 e. The molecule has 1 aliphatic heterocycles. The lowest BCUT2D eigenvalue weighted by molar-refractivity contribution is -0.145. The summed E-state index contributed by atoms with van der Waals surface area (Å²) < 4.78 is 11.2. The summed E-state index contributed by atoms with van der Waals surface area (Å²) in [5, 5.41) is 9.12. The number of benzene rings is 1. The number of aliphatic carboxylic acids is 1. The van der Waals surface area contributed by atoms with Gasteiger partial charge in [0, 0.05) is 0 Å². The average molecular weight is 403 g/mol. The van der Waals surface area contributed by atoms with Crippen LogP contribution in [0.3, 0.4) is 0 Å². The number of furan rings is 1. The third-order valence-electron chi connectivity index (χ3n) is 3.85. The van der Waals surface area contributed by atoms with Gasteiger partial charge in [-0.2, -0.15) is 0 Å². The molecule has 2 aromatic rings. The zero-order chi connectivity index (χ0) is 19.4. The number of rotatable bonds is 7. The van der Waals surface area contributed by atoms with E-state index in [1.54, 1.807) is 49.6 Å². The Hall–Kier alpha value is -2.58. The summed E-state index contributed by atoms with van der Waals surface area (Å²) >= 11 is 6.53. The van der Waals surface area contributed by atoms with Gasteiger partial charge in [0.2, 0.25) is 0 Å². The quantitative estimate of drug-likeness (QED) is 0.554. The molecule has 0 aliphatic carbocycles. The zero-order valence-corrected chi connectivity index (χ0v) is 16.1. The average Bonchev–Trinajstić information content (AvgIpc) is 3.24. The Bertz CT molecular complexity index is 891. The number of nitrogens with zero attached hydrogens (tertiary/aromatic N) is 1. The van der Waals surface area contributed by atoms with Crippen LogP contribution in [0.15, 0.2) is 52.0 Å². The lowest BCUT2D eigenvalue weighted by Gasteiger charge is -2.13. The Kier molecular flexibility index (Phi) is 5.98. The third-order valence-corrected chi connectivity index (χ3v) is 5.23. The molecule has 1 fully saturated rings. The minimum atomic E-state index is -1.01. The van der Waals surface area contributed by atoms with Gasteiger partial charge in [0.1, 0.15) is 15.8 Å². The van der Waals surface area contributed by atoms with E-state index < -0.39 is 12.1 Å². The Morgan fingerprint density at radius 3 is 2.89 bits per heavy atom. The van der Waals surface area contributed by atoms with Crippen LogP contribution in [0.2, 0.25) is 0 Å². The molecule has 6 nitrogen and oxygen atoms in total. The van der Waals surface area contributed by atoms with Crippen molar-refractivity contribution in [1.29, 1.82) is 0 Å². The van der Waals surface area contributed by atoms with Crippen molar-refractivity contribution in [3.63, 3.8) is 0 Å². The predicted molar refractivity (Wildman–Crippen MR) is 106 cm³/mol. The molecular formula is C19H17NO5S2. The molecule has 8 heteroatoms. The number of carbonyl (C=O) groups excluding carboxylic acids is 1. The first-order valence-corrected chi connectivity index (χ1v) is 9.47. The number of amides is 1. The lowest BCUT2D eigenvalue weighted by atomic mass is 10.2. The first-order chi connectivity index (χ1) is 13.0. The molecular weight excluding hydrogens is 386 g/mol. The van der Waals surface area contributed by atoms with E-state index in [-0.39, 0.29) is 12.5 Å². The van der Waals surface area contributed by atoms with Gasteiger partial charge < -0.3 is 14.3 Å². The van der Waals surface area contributed by atoms with Crippen molar-refractivity contribution in [2.75, 3.05) is 0 Å². The molecule has 1 saturated heterocycles. The lowest BCUT2D eigenvalue weighted by Crippen LogP contribution is -2.27. The number of thioether (sulfide) groups is 1. The highest BCUT2D eigenvalue weighted by Gasteiger charge is 2.32. The molecule has 1 aromatic carbocycles. The maximum Gasteiger partial charge on any atom is 0.344 e. The van der Waals surface area contributed by atoms with Gasteiger partial charge in [-0.25, -0.2) is 4.79 Å². The van der Waals surface area contributed by atoms with Crippen LogP contribution in [-0.4, -0.2) is 32.3 Å². The van der Waals surface area contributed by atoms with E-state index in [4.69, 9.17) is 26.5 Å². The van der Waals surface area contributed by atoms with Crippen LogP contribution >= 0.6 is 24.0 Å². The van der Waals surface area contributed by atoms with E-state index in [0.717, 1.165) is 5.56 Å². The summed E-state index contributed by atoms with van der Waals surface area (Å²) in [6.45, 7) is 2.03. The van der Waals surface area contributed by atoms with Crippen molar-refractivity contribution in [2.45, 2.75) is 26.0 Å². The van der Waals surface area contributed by atoms with Gasteiger partial charge in [0.15, 0.2) is 6.10 Å². The minimum Gasteiger partial charge on any atom is -0.479 e. The van der Waals surface area contributed by atoms with Crippen LogP contribution in [-0.2, 0) is 16.1 Å². The summed E-state index contributed by atoms with van der Waals surface area (Å²) in [5.41, 5.74) is 0.728. The monoisotopic (exact) mass is 403 g/mol. The number of ether oxygens (including phenoxy) is 1. The minimum absolute atomic E-state index is 0.190. The van der Waals surface area contributed by atoms with Crippen molar-refractivity contribution < 1.29 is 23.8 Å². The third kappa shape index (κ3) is 4.58. The van der Waals surface area contributed by atoms with E-state index in [0.29, 0.717) is 27.2 Å². The molecule has 1 aliphatic rings. The fourth-order valence-electron chi connectivity index (χ4n) is 2.50. The molecule has 1 aromatic heterocycles. The highest BCUT2D eigenvalue weighted by atomic mass is 32.2. The normalized spacial score (nSPS) is 16.8. The standard InChI is InChI=1S/C19H17NO5S2/c1-2-15(18(22)23)25-13-6-3-5-12(9-13)10-16-17(21)20(19(26)27-16)11-14-7-4-8-24-14/h3-10,15H,2,11H2,1H3,(H,22,23)/b16-10+. The second-order valence-corrected chi connectivity index (χ2v) is 7.45. The highest BCUT2D eigenvalue weighted by molar-refractivity contribution is 8.26. The molecule has 0 radical (unpaired) electrons. The summed E-state index contributed by atoms with van der Waals surface area (Å²) in [5.74, 6) is -0.113. The first kappa shape index (κ1) is 19.2. The van der Waals surface area contributed by atoms with Crippen LogP contribution in [0.25, 0.3) is 6.08 Å². The van der Waals surface area contributed by atoms with Gasteiger partial charge in [0.05, 0.1) is 17.7 Å². The van der Waals surface area contributed by atoms with Gasteiger partial charge >= 0.3 is 5.97 Å². The van der Waals surface area contributed by atoms with Gasteiger partial charge in [-0.15, -0.1) is 0 Å². The second-order valence-electron chi connectivity index (χ2n) is 5.77. The predicted octanol–water partition coefficient (Wildman–Crippen LogP) is 3.92. The van der Waals surface area contributed by atoms with Gasteiger partial charge in [-0.05, 0) is 42.3 Å². The summed E-state index contributed by atoms with van der Waals surface area (Å²) in [7, 11) is 0. The van der Waals surface area contributed by atoms with E-state index in [2.05, 4.69) is 0 Å². The van der Waals surface area contributed by atoms with Gasteiger partial charge in [0.25, 0.3) is 5.91 Å². The van der Waals surface area contributed by atoms with Gasteiger partial charge in [-0.3, -0.25) is 9.69 Å². The fraction of sp³-hybridized carbons (Fsp3) is 0.211. The highest BCUT2D eigenvalue weighted by Crippen LogP contribution is 2.34. The van der Waals surface area contributed by atoms with Crippen molar-refractivity contribution in [3.8, 4) is 5.75 Å². The summed E-state index contributed by atoms with van der Waals surface area (Å²) in [6.07, 6.45) is 2.71. The van der Waals surface area contributed by atoms with E-state index in [1.807, 2.05) is 6.07 Å². The Morgan fingerprint density at radius 2 is 2.22 bits per heavy atom. The fourth-order valence-corrected chi connectivity index (χ4v) is 3.75. The Labute approximate surface area is 165 Å². The maximum atomic E-state index is 12.6. The molecule has 140 valence electrons. The summed E-state index contributed by atoms with van der Waals surface area (Å²) in [4.78, 5) is 25.8. The molecule has 2 heterocycles. The maximum absolute atomic E-state index is 12.6. The van der Waals surface area contributed by atoms with Gasteiger partial charge in [-0.1, -0.05) is 43.0 Å². The SMILES string of the molecule is CCC(Oc1cccc(/C=C2/SC(=S)N(Cc3ccco3)C2=O)c1)C(=O)O. The Morgan fingerprint density at radius 1 is 1.41 bits per heavy atom. The molecule has 27 heavy (non-hydrogen) atoms. The van der Waals surface area contributed by atoms with Crippen LogP contribution in [0, 0.1) is 0 Å². The Balaban J connectivity index is 1.76. The summed E-state index contributed by atoms with van der Waals surface area (Å²) in [6, 6.07) is 10.5. The molecule has 1 amide bonds. The van der Waals surface area contributed by atoms with Crippen LogP contribution < -0.4 is 4.74 Å². The van der Waals surface area contributed by atoms with E-state index >= 15 is 0 Å². The second kappa shape index (κ2) is 8.41. The number of carboxylic acids is 1. The molecule has 3 rings (SSSR count). The van der Waals surface area contributed by atoms with Crippen molar-refractivity contribution in [2.24, 2.45) is 0 Å². The number of hydrogen-bond acceptors (Lipinski definition) is 6. The largest absolute Gasteiger partial charge is 0.479 e. The molecule has 0 bridgehead atoms. The van der Waals surface area contributed by atoms with Crippen LogP contribution in [0.1, 0.15) is 24.7 Å². The van der Waals surface area contributed by atoms with E-state index in [9.17, 15) is 9.59 Å². The van der Waals surface area contributed by atoms with E-state index in [1.165, 1.54) is 16.7 Å². The molecule has 1 unspecified atom stereocenters. The molecule has 0 spiro atoms. The van der Waals surface area contributed by atoms with Crippen LogP contribution in [0.4, 0.5) is 0 Å². The van der Waals surface area contributed by atoms with Crippen LogP contribution in [0.5, 0.6) is 5.75 Å². The first-order valence-electron chi connectivity index (χ1n) is 8.25. The van der Waals surface area contributed by atoms with Crippen molar-refractivity contribution in [1.82, 2.24) is 4.90 Å². The number of carbonyl (C=O) groups is 2. The molecule has 0 saturated carbocycles. The van der Waals surface area contributed by atoms with Crippen molar-refractivity contribution >= 4 is 46.3 Å². The zero-order valence-electron chi connectivity index (χ0n) is 14.5. The molecule has 1 atom stereocenters. The molecule has 1 N–H and O–H groups in total. The number of hydrogen-bond donors (Lipinski definition) is 1. The number of carboxylic acid groups (broad SMARTS) is 1.